The number of carbonyl (C=O) groups excluding carboxylic acids is 1. The highest BCUT2D eigenvalue weighted by atomic mass is 16.5. The number of nitrogens with zero attached hydrogens (tertiary/aromatic N) is 1. The van der Waals surface area contributed by atoms with E-state index < -0.39 is 0 Å². The standard InChI is InChI=1S/C16H23N3O3/c20-16(14-12-22-8-5-17-14)18-11-13-3-1-2-4-15(13)19-6-9-21-10-7-19/h1-4,14,17H,5-12H2,(H,18,20). The molecule has 1 unspecified atom stereocenters. The van der Waals surface area contributed by atoms with Crippen molar-refractivity contribution in [1.29, 1.82) is 0 Å². The predicted molar refractivity (Wildman–Crippen MR) is 83.9 cm³/mol. The summed E-state index contributed by atoms with van der Waals surface area (Å²) in [7, 11) is 0. The van der Waals surface area contributed by atoms with E-state index in [0.717, 1.165) is 38.4 Å². The van der Waals surface area contributed by atoms with Crippen molar-refractivity contribution in [2.24, 2.45) is 0 Å². The Morgan fingerprint density at radius 3 is 2.82 bits per heavy atom. The lowest BCUT2D eigenvalue weighted by Crippen LogP contribution is -2.51. The number of nitrogens with one attached hydrogen (secondary N) is 2. The van der Waals surface area contributed by atoms with Gasteiger partial charge in [-0.3, -0.25) is 4.79 Å². The van der Waals surface area contributed by atoms with Gasteiger partial charge < -0.3 is 25.0 Å². The van der Waals surface area contributed by atoms with Crippen LogP contribution in [0.1, 0.15) is 5.56 Å². The number of ether oxygens (including phenoxy) is 2. The zero-order valence-corrected chi connectivity index (χ0v) is 12.7. The second kappa shape index (κ2) is 7.58. The van der Waals surface area contributed by atoms with Crippen LogP contribution in [-0.4, -0.2) is 58.0 Å². The van der Waals surface area contributed by atoms with Crippen LogP contribution < -0.4 is 15.5 Å². The fourth-order valence-electron chi connectivity index (χ4n) is 2.81. The van der Waals surface area contributed by atoms with Gasteiger partial charge in [-0.05, 0) is 11.6 Å². The Hall–Kier alpha value is -1.63. The number of amides is 1. The first kappa shape index (κ1) is 15.3. The van der Waals surface area contributed by atoms with Gasteiger partial charge in [0.1, 0.15) is 6.04 Å². The largest absolute Gasteiger partial charge is 0.378 e. The maximum Gasteiger partial charge on any atom is 0.239 e. The zero-order chi connectivity index (χ0) is 15.2. The average molecular weight is 305 g/mol. The van der Waals surface area contributed by atoms with Gasteiger partial charge in [0.15, 0.2) is 0 Å². The Morgan fingerprint density at radius 1 is 1.23 bits per heavy atom. The molecule has 2 saturated heterocycles. The first-order valence-electron chi connectivity index (χ1n) is 7.84. The molecule has 2 fully saturated rings. The van der Waals surface area contributed by atoms with Crippen molar-refractivity contribution in [2.75, 3.05) is 51.0 Å². The Labute approximate surface area is 130 Å². The summed E-state index contributed by atoms with van der Waals surface area (Å²) in [5.41, 5.74) is 2.31. The number of rotatable bonds is 4. The van der Waals surface area contributed by atoms with Crippen LogP contribution >= 0.6 is 0 Å². The third-order valence-electron chi connectivity index (χ3n) is 4.03. The number of morpholine rings is 2. The second-order valence-corrected chi connectivity index (χ2v) is 5.53. The third kappa shape index (κ3) is 3.76. The minimum absolute atomic E-state index is 0.00326. The van der Waals surface area contributed by atoms with Crippen LogP contribution in [0.2, 0.25) is 0 Å². The van der Waals surface area contributed by atoms with Crippen molar-refractivity contribution in [3.63, 3.8) is 0 Å². The molecule has 1 aromatic carbocycles. The quantitative estimate of drug-likeness (QED) is 0.828. The molecule has 1 aromatic rings. The summed E-state index contributed by atoms with van der Waals surface area (Å²) in [6.07, 6.45) is 0. The van der Waals surface area contributed by atoms with Crippen LogP contribution in [0.4, 0.5) is 5.69 Å². The predicted octanol–water partition coefficient (Wildman–Crippen LogP) is 0.128. The summed E-state index contributed by atoms with van der Waals surface area (Å²) in [6, 6.07) is 7.97. The van der Waals surface area contributed by atoms with Gasteiger partial charge in [-0.15, -0.1) is 0 Å². The highest BCUT2D eigenvalue weighted by molar-refractivity contribution is 5.82. The number of hydrogen-bond donors (Lipinski definition) is 2. The minimum atomic E-state index is -0.246. The number of anilines is 1. The van der Waals surface area contributed by atoms with Crippen molar-refractivity contribution in [3.8, 4) is 0 Å². The van der Waals surface area contributed by atoms with E-state index in [9.17, 15) is 4.79 Å². The van der Waals surface area contributed by atoms with Crippen LogP contribution in [-0.2, 0) is 20.8 Å². The van der Waals surface area contributed by atoms with Crippen molar-refractivity contribution in [2.45, 2.75) is 12.6 Å². The Morgan fingerprint density at radius 2 is 2.05 bits per heavy atom. The van der Waals surface area contributed by atoms with Crippen LogP contribution in [0.3, 0.4) is 0 Å². The lowest BCUT2D eigenvalue weighted by molar-refractivity contribution is -0.126. The molecule has 120 valence electrons. The van der Waals surface area contributed by atoms with Gasteiger partial charge in [0.2, 0.25) is 5.91 Å². The number of benzene rings is 1. The summed E-state index contributed by atoms with van der Waals surface area (Å²) < 4.78 is 10.7. The molecule has 22 heavy (non-hydrogen) atoms. The molecule has 2 aliphatic rings. The van der Waals surface area contributed by atoms with Crippen molar-refractivity contribution in [3.05, 3.63) is 29.8 Å². The second-order valence-electron chi connectivity index (χ2n) is 5.53. The summed E-state index contributed by atoms with van der Waals surface area (Å²) in [5.74, 6) is -0.00326. The summed E-state index contributed by atoms with van der Waals surface area (Å²) in [6.45, 7) is 5.66. The Bertz CT molecular complexity index is 497. The Kier molecular flexibility index (Phi) is 5.26. The maximum atomic E-state index is 12.2. The highest BCUT2D eigenvalue weighted by Gasteiger charge is 2.21. The molecular weight excluding hydrogens is 282 g/mol. The van der Waals surface area contributed by atoms with E-state index >= 15 is 0 Å². The van der Waals surface area contributed by atoms with Crippen LogP contribution in [0.25, 0.3) is 0 Å². The smallest absolute Gasteiger partial charge is 0.239 e. The summed E-state index contributed by atoms with van der Waals surface area (Å²) in [5, 5.41) is 6.18. The van der Waals surface area contributed by atoms with Crippen molar-refractivity contribution >= 4 is 11.6 Å². The van der Waals surface area contributed by atoms with Crippen molar-refractivity contribution in [1.82, 2.24) is 10.6 Å². The minimum Gasteiger partial charge on any atom is -0.378 e. The van der Waals surface area contributed by atoms with E-state index in [1.165, 1.54) is 5.69 Å². The maximum absolute atomic E-state index is 12.2. The normalized spacial score (nSPS) is 22.4. The van der Waals surface area contributed by atoms with Gasteiger partial charge in [0.05, 0.1) is 26.4 Å². The number of hydrogen-bond acceptors (Lipinski definition) is 5. The molecule has 1 amide bonds. The first-order chi connectivity index (χ1) is 10.8. The van der Waals surface area contributed by atoms with Gasteiger partial charge in [0.25, 0.3) is 0 Å². The van der Waals surface area contributed by atoms with Gasteiger partial charge in [-0.1, -0.05) is 18.2 Å². The molecule has 0 saturated carbocycles. The van der Waals surface area contributed by atoms with E-state index in [1.807, 2.05) is 12.1 Å². The molecular formula is C16H23N3O3. The van der Waals surface area contributed by atoms with Gasteiger partial charge >= 0.3 is 0 Å². The van der Waals surface area contributed by atoms with Crippen LogP contribution in [0.5, 0.6) is 0 Å². The van der Waals surface area contributed by atoms with Gasteiger partial charge in [-0.2, -0.15) is 0 Å². The molecule has 0 aromatic heterocycles. The van der Waals surface area contributed by atoms with E-state index in [0.29, 0.717) is 19.8 Å². The lowest BCUT2D eigenvalue weighted by Gasteiger charge is -2.31. The van der Waals surface area contributed by atoms with Gasteiger partial charge in [-0.25, -0.2) is 0 Å². The molecule has 2 N–H and O–H groups in total. The Balaban J connectivity index is 1.60. The van der Waals surface area contributed by atoms with E-state index in [1.54, 1.807) is 0 Å². The van der Waals surface area contributed by atoms with Crippen molar-refractivity contribution < 1.29 is 14.3 Å². The van der Waals surface area contributed by atoms with E-state index in [4.69, 9.17) is 9.47 Å². The lowest BCUT2D eigenvalue weighted by atomic mass is 10.1. The van der Waals surface area contributed by atoms with Gasteiger partial charge in [0, 0.05) is 31.9 Å². The summed E-state index contributed by atoms with van der Waals surface area (Å²) in [4.78, 5) is 14.5. The number of para-hydroxylation sites is 1. The monoisotopic (exact) mass is 305 g/mol. The molecule has 1 atom stereocenters. The fourth-order valence-corrected chi connectivity index (χ4v) is 2.81. The molecule has 3 rings (SSSR count). The zero-order valence-electron chi connectivity index (χ0n) is 12.7. The number of carbonyl (C=O) groups is 1. The first-order valence-corrected chi connectivity index (χ1v) is 7.84. The molecule has 2 heterocycles. The molecule has 2 aliphatic heterocycles. The van der Waals surface area contributed by atoms with Crippen LogP contribution in [0.15, 0.2) is 24.3 Å². The third-order valence-corrected chi connectivity index (χ3v) is 4.03. The molecule has 6 heteroatoms. The topological polar surface area (TPSA) is 62.8 Å². The fraction of sp³-hybridized carbons (Fsp3) is 0.562. The molecule has 0 bridgehead atoms. The highest BCUT2D eigenvalue weighted by Crippen LogP contribution is 2.21. The molecule has 6 nitrogen and oxygen atoms in total. The molecule has 0 radical (unpaired) electrons. The van der Waals surface area contributed by atoms with E-state index in [-0.39, 0.29) is 11.9 Å². The molecule has 0 aliphatic carbocycles. The van der Waals surface area contributed by atoms with E-state index in [2.05, 4.69) is 27.7 Å². The average Bonchev–Trinajstić information content (AvgIpc) is 2.61. The van der Waals surface area contributed by atoms with Crippen LogP contribution in [0, 0.1) is 0 Å². The molecule has 0 spiro atoms. The summed E-state index contributed by atoms with van der Waals surface area (Å²) >= 11 is 0. The SMILES string of the molecule is O=C(NCc1ccccc1N1CCOCC1)C1COCCN1.